The van der Waals surface area contributed by atoms with Gasteiger partial charge in [0.1, 0.15) is 0 Å². The number of alkyl halides is 3. The minimum atomic E-state index is -4.47. The van der Waals surface area contributed by atoms with Crippen LogP contribution in [-0.4, -0.2) is 43.0 Å². The van der Waals surface area contributed by atoms with Crippen LogP contribution in [-0.2, 0) is 11.0 Å². The predicted molar refractivity (Wildman–Crippen MR) is 88.9 cm³/mol. The average Bonchev–Trinajstić information content (AvgIpc) is 2.42. The number of benzene rings is 1. The number of carbonyl (C=O) groups excluding carboxylic acids is 1. The van der Waals surface area contributed by atoms with Gasteiger partial charge in [-0.05, 0) is 25.1 Å². The first-order valence-corrected chi connectivity index (χ1v) is 7.68. The third kappa shape index (κ3) is 5.63. The lowest BCUT2D eigenvalue weighted by atomic mass is 10.2. The van der Waals surface area contributed by atoms with Crippen molar-refractivity contribution in [2.24, 2.45) is 0 Å². The van der Waals surface area contributed by atoms with E-state index in [1.54, 1.807) is 0 Å². The van der Waals surface area contributed by atoms with Gasteiger partial charge in [-0.25, -0.2) is 0 Å². The van der Waals surface area contributed by atoms with Crippen LogP contribution in [0.1, 0.15) is 12.5 Å². The van der Waals surface area contributed by atoms with Crippen molar-refractivity contribution in [2.75, 3.05) is 31.5 Å². The van der Waals surface area contributed by atoms with Gasteiger partial charge in [0.25, 0.3) is 0 Å². The van der Waals surface area contributed by atoms with Gasteiger partial charge in [-0.15, -0.1) is 12.4 Å². The fraction of sp³-hybridized carbons (Fsp3) is 0.500. The third-order valence-electron chi connectivity index (χ3n) is 3.54. The zero-order chi connectivity index (χ0) is 16.3. The lowest BCUT2D eigenvalue weighted by Gasteiger charge is -2.33. The molecule has 2 rings (SSSR count). The monoisotopic (exact) mass is 415 g/mol. The maximum absolute atomic E-state index is 12.8. The van der Waals surface area contributed by atoms with E-state index in [0.29, 0.717) is 0 Å². The molecule has 1 aliphatic heterocycles. The number of halogens is 5. The Hall–Kier alpha value is -0.830. The van der Waals surface area contributed by atoms with Crippen LogP contribution in [0.25, 0.3) is 0 Å². The molecule has 1 amide bonds. The van der Waals surface area contributed by atoms with Gasteiger partial charge in [-0.1, -0.05) is 15.9 Å². The number of nitrogens with one attached hydrogen (secondary N) is 2. The smallest absolute Gasteiger partial charge is 0.325 e. The summed E-state index contributed by atoms with van der Waals surface area (Å²) in [4.78, 5) is 14.0. The van der Waals surface area contributed by atoms with Crippen LogP contribution in [0, 0.1) is 0 Å². The summed E-state index contributed by atoms with van der Waals surface area (Å²) in [6.45, 7) is 4.50. The number of nitrogens with zero attached hydrogens (tertiary/aromatic N) is 1. The van der Waals surface area contributed by atoms with E-state index in [9.17, 15) is 18.0 Å². The van der Waals surface area contributed by atoms with E-state index < -0.39 is 11.7 Å². The first kappa shape index (κ1) is 20.2. The summed E-state index contributed by atoms with van der Waals surface area (Å²) in [6, 6.07) is 3.88. The molecule has 1 aromatic rings. The second-order valence-electron chi connectivity index (χ2n) is 5.26. The molecule has 1 fully saturated rings. The molecule has 1 aromatic carbocycles. The Kier molecular flexibility index (Phi) is 7.31. The SMILES string of the molecule is C[C@@H]1CNCCN1CC(=O)Nc1ccc(Br)c(C(F)(F)F)c1.Cl. The molecule has 0 aromatic heterocycles. The number of carbonyl (C=O) groups is 1. The van der Waals surface area contributed by atoms with Gasteiger partial charge < -0.3 is 10.6 Å². The van der Waals surface area contributed by atoms with Gasteiger partial charge in [-0.3, -0.25) is 9.69 Å². The zero-order valence-corrected chi connectivity index (χ0v) is 14.8. The fourth-order valence-electron chi connectivity index (χ4n) is 2.32. The number of hydrogen-bond acceptors (Lipinski definition) is 3. The van der Waals surface area contributed by atoms with E-state index in [1.165, 1.54) is 12.1 Å². The topological polar surface area (TPSA) is 44.4 Å². The van der Waals surface area contributed by atoms with E-state index in [0.717, 1.165) is 25.7 Å². The molecule has 0 saturated carbocycles. The molecule has 2 N–H and O–H groups in total. The van der Waals surface area contributed by atoms with Crippen LogP contribution in [0.4, 0.5) is 18.9 Å². The second-order valence-corrected chi connectivity index (χ2v) is 6.12. The molecule has 0 bridgehead atoms. The summed E-state index contributed by atoms with van der Waals surface area (Å²) in [6.07, 6.45) is -4.47. The second kappa shape index (κ2) is 8.32. The van der Waals surface area contributed by atoms with Crippen molar-refractivity contribution < 1.29 is 18.0 Å². The molecule has 130 valence electrons. The normalized spacial score (nSPS) is 19.1. The van der Waals surface area contributed by atoms with Crippen molar-refractivity contribution >= 4 is 39.9 Å². The van der Waals surface area contributed by atoms with Gasteiger partial charge >= 0.3 is 6.18 Å². The minimum absolute atomic E-state index is 0. The minimum Gasteiger partial charge on any atom is -0.325 e. The van der Waals surface area contributed by atoms with Gasteiger partial charge in [0.05, 0.1) is 12.1 Å². The Morgan fingerprint density at radius 2 is 2.17 bits per heavy atom. The highest BCUT2D eigenvalue weighted by Crippen LogP contribution is 2.36. The van der Waals surface area contributed by atoms with Crippen molar-refractivity contribution in [1.82, 2.24) is 10.2 Å². The Bertz CT molecular complexity index is 557. The van der Waals surface area contributed by atoms with Crippen molar-refractivity contribution in [3.05, 3.63) is 28.2 Å². The summed E-state index contributed by atoms with van der Waals surface area (Å²) in [5.41, 5.74) is -0.663. The number of amides is 1. The maximum atomic E-state index is 12.8. The molecule has 1 saturated heterocycles. The summed E-state index contributed by atoms with van der Waals surface area (Å²) < 4.78 is 38.4. The molecule has 23 heavy (non-hydrogen) atoms. The van der Waals surface area contributed by atoms with Crippen LogP contribution >= 0.6 is 28.3 Å². The third-order valence-corrected chi connectivity index (χ3v) is 4.23. The highest BCUT2D eigenvalue weighted by molar-refractivity contribution is 9.10. The van der Waals surface area contributed by atoms with E-state index >= 15 is 0 Å². The van der Waals surface area contributed by atoms with E-state index in [2.05, 4.69) is 26.6 Å². The van der Waals surface area contributed by atoms with Crippen LogP contribution in [0.3, 0.4) is 0 Å². The molecular formula is C14H18BrClF3N3O. The van der Waals surface area contributed by atoms with E-state index in [1.807, 2.05) is 11.8 Å². The summed E-state index contributed by atoms with van der Waals surface area (Å²) >= 11 is 2.87. The number of piperazine rings is 1. The van der Waals surface area contributed by atoms with Crippen LogP contribution in [0.15, 0.2) is 22.7 Å². The molecule has 1 aliphatic rings. The van der Waals surface area contributed by atoms with Crippen molar-refractivity contribution in [3.63, 3.8) is 0 Å². The molecule has 0 spiro atoms. The highest BCUT2D eigenvalue weighted by atomic mass is 79.9. The molecule has 9 heteroatoms. The van der Waals surface area contributed by atoms with Crippen LogP contribution in [0.2, 0.25) is 0 Å². The Morgan fingerprint density at radius 1 is 1.48 bits per heavy atom. The Morgan fingerprint density at radius 3 is 2.78 bits per heavy atom. The summed E-state index contributed by atoms with van der Waals surface area (Å²) in [7, 11) is 0. The zero-order valence-electron chi connectivity index (χ0n) is 12.4. The standard InChI is InChI=1S/C14H17BrF3N3O.ClH/c1-9-7-19-4-5-21(9)8-13(22)20-10-2-3-12(15)11(6-10)14(16,17)18;/h2-3,6,9,19H,4-5,7-8H2,1H3,(H,20,22);1H/t9-;/m1./s1. The Balaban J connectivity index is 0.00000264. The summed E-state index contributed by atoms with van der Waals surface area (Å²) in [5, 5.41) is 5.74. The van der Waals surface area contributed by atoms with Gasteiger partial charge in [0.15, 0.2) is 0 Å². The van der Waals surface area contributed by atoms with Crippen molar-refractivity contribution in [2.45, 2.75) is 19.1 Å². The van der Waals surface area contributed by atoms with Gasteiger partial charge in [0, 0.05) is 35.8 Å². The maximum Gasteiger partial charge on any atom is 0.417 e. The largest absolute Gasteiger partial charge is 0.417 e. The molecule has 0 unspecified atom stereocenters. The molecule has 0 radical (unpaired) electrons. The predicted octanol–water partition coefficient (Wildman–Crippen LogP) is 3.12. The van der Waals surface area contributed by atoms with Crippen LogP contribution in [0.5, 0.6) is 0 Å². The summed E-state index contributed by atoms with van der Waals surface area (Å²) in [5.74, 6) is -0.316. The highest BCUT2D eigenvalue weighted by Gasteiger charge is 2.33. The fourth-order valence-corrected chi connectivity index (χ4v) is 2.79. The molecule has 1 atom stereocenters. The van der Waals surface area contributed by atoms with Crippen LogP contribution < -0.4 is 10.6 Å². The molecule has 1 heterocycles. The first-order chi connectivity index (χ1) is 10.3. The number of anilines is 1. The quantitative estimate of drug-likeness (QED) is 0.796. The number of rotatable bonds is 3. The van der Waals surface area contributed by atoms with E-state index in [4.69, 9.17) is 0 Å². The molecule has 4 nitrogen and oxygen atoms in total. The average molecular weight is 417 g/mol. The van der Waals surface area contributed by atoms with Crippen molar-refractivity contribution in [1.29, 1.82) is 0 Å². The van der Waals surface area contributed by atoms with Gasteiger partial charge in [-0.2, -0.15) is 13.2 Å². The van der Waals surface area contributed by atoms with E-state index in [-0.39, 0.29) is 41.1 Å². The molecular weight excluding hydrogens is 399 g/mol. The molecule has 0 aliphatic carbocycles. The van der Waals surface area contributed by atoms with Crippen molar-refractivity contribution in [3.8, 4) is 0 Å². The number of hydrogen-bond donors (Lipinski definition) is 2. The first-order valence-electron chi connectivity index (χ1n) is 6.89. The van der Waals surface area contributed by atoms with Gasteiger partial charge in [0.2, 0.25) is 5.91 Å². The Labute approximate surface area is 147 Å². The lowest BCUT2D eigenvalue weighted by molar-refractivity contribution is -0.138. The lowest BCUT2D eigenvalue weighted by Crippen LogP contribution is -2.51.